The molecule has 1 unspecified atom stereocenters. The van der Waals surface area contributed by atoms with Gasteiger partial charge in [-0.2, -0.15) is 4.57 Å². The lowest BCUT2D eigenvalue weighted by atomic mass is 9.61. The predicted molar refractivity (Wildman–Crippen MR) is 188 cm³/mol. The van der Waals surface area contributed by atoms with E-state index in [4.69, 9.17) is 0 Å². The highest BCUT2D eigenvalue weighted by molar-refractivity contribution is 6.01. The summed E-state index contributed by atoms with van der Waals surface area (Å²) < 4.78 is 4.93. The zero-order valence-corrected chi connectivity index (χ0v) is 28.5. The molecule has 3 heterocycles. The van der Waals surface area contributed by atoms with Crippen LogP contribution in [0.25, 0.3) is 33.3 Å². The maximum atomic E-state index is 2.66. The molecule has 0 amide bonds. The van der Waals surface area contributed by atoms with Crippen LogP contribution in [-0.2, 0) is 37.3 Å². The predicted octanol–water partition coefficient (Wildman–Crippen LogP) is 9.51. The summed E-state index contributed by atoms with van der Waals surface area (Å²) in [4.78, 5) is 0. The second-order valence-electron chi connectivity index (χ2n) is 14.5. The van der Waals surface area contributed by atoms with E-state index in [1.54, 1.807) is 5.56 Å². The number of nitrogens with zero attached hydrogens (tertiary/aromatic N) is 2. The monoisotopic (exact) mass is 594 g/mol. The van der Waals surface area contributed by atoms with Gasteiger partial charge in [-0.3, -0.25) is 0 Å². The number of rotatable bonds is 8. The molecular formula is C43H50N2+2. The average molecular weight is 595 g/mol. The third-order valence-corrected chi connectivity index (χ3v) is 11.7. The van der Waals surface area contributed by atoms with Crippen molar-refractivity contribution in [3.63, 3.8) is 0 Å². The maximum absolute atomic E-state index is 2.66. The van der Waals surface area contributed by atoms with Gasteiger partial charge in [0.15, 0.2) is 18.9 Å². The number of aromatic nitrogens is 2. The number of pyridine rings is 2. The van der Waals surface area contributed by atoms with Gasteiger partial charge in [0, 0.05) is 40.5 Å². The Bertz CT molecular complexity index is 1920. The zero-order valence-electron chi connectivity index (χ0n) is 28.5. The molecule has 0 spiro atoms. The molecule has 0 N–H and O–H groups in total. The van der Waals surface area contributed by atoms with Crippen LogP contribution in [0.15, 0.2) is 85.2 Å². The molecule has 230 valence electrons. The summed E-state index contributed by atoms with van der Waals surface area (Å²) in [7, 11) is 2.17. The Balaban J connectivity index is 1.48. The van der Waals surface area contributed by atoms with Gasteiger partial charge in [0.1, 0.15) is 7.05 Å². The fraction of sp³-hybridized carbons (Fsp3) is 0.395. The normalized spacial score (nSPS) is 17.4. The first-order valence-corrected chi connectivity index (χ1v) is 17.4. The van der Waals surface area contributed by atoms with E-state index in [1.807, 2.05) is 0 Å². The molecule has 1 aliphatic carbocycles. The molecule has 0 bridgehead atoms. The Hall–Kier alpha value is -3.78. The van der Waals surface area contributed by atoms with Gasteiger partial charge in [0.25, 0.3) is 0 Å². The first-order valence-electron chi connectivity index (χ1n) is 17.4. The van der Waals surface area contributed by atoms with E-state index in [0.29, 0.717) is 5.92 Å². The van der Waals surface area contributed by atoms with E-state index in [0.717, 1.165) is 32.2 Å². The highest BCUT2D eigenvalue weighted by Crippen LogP contribution is 2.55. The molecule has 0 saturated carbocycles. The summed E-state index contributed by atoms with van der Waals surface area (Å²) in [5, 5.41) is 2.89. The zero-order chi connectivity index (χ0) is 31.5. The first kappa shape index (κ1) is 29.9. The second-order valence-corrected chi connectivity index (χ2v) is 14.5. The third kappa shape index (κ3) is 4.58. The lowest BCUT2D eigenvalue weighted by Crippen LogP contribution is -2.45. The third-order valence-electron chi connectivity index (χ3n) is 11.7. The van der Waals surface area contributed by atoms with E-state index < -0.39 is 0 Å². The van der Waals surface area contributed by atoms with Crippen LogP contribution in [0, 0.1) is 12.8 Å². The second kappa shape index (κ2) is 11.2. The van der Waals surface area contributed by atoms with Crippen molar-refractivity contribution in [1.82, 2.24) is 0 Å². The number of aryl methyl sites for hydroxylation is 3. The van der Waals surface area contributed by atoms with Gasteiger partial charge >= 0.3 is 0 Å². The molecule has 2 heteroatoms. The number of benzene rings is 3. The summed E-state index contributed by atoms with van der Waals surface area (Å²) >= 11 is 0. The minimum absolute atomic E-state index is 0.0583. The molecule has 3 aromatic carbocycles. The molecular weight excluding hydrogens is 544 g/mol. The highest BCUT2D eigenvalue weighted by Gasteiger charge is 2.49. The van der Waals surface area contributed by atoms with Crippen molar-refractivity contribution < 1.29 is 9.13 Å². The quantitative estimate of drug-likeness (QED) is 0.158. The van der Waals surface area contributed by atoms with Crippen molar-refractivity contribution in [3.05, 3.63) is 119 Å². The van der Waals surface area contributed by atoms with Crippen molar-refractivity contribution in [3.8, 4) is 22.5 Å². The van der Waals surface area contributed by atoms with Gasteiger partial charge in [-0.1, -0.05) is 89.1 Å². The van der Waals surface area contributed by atoms with Crippen molar-refractivity contribution in [1.29, 1.82) is 0 Å². The highest BCUT2D eigenvalue weighted by atomic mass is 15.0. The summed E-state index contributed by atoms with van der Waals surface area (Å²) in [6.07, 6.45) is 11.5. The van der Waals surface area contributed by atoms with Crippen LogP contribution in [0.3, 0.4) is 0 Å². The number of hydrogen-bond donors (Lipinski definition) is 0. The Labute approximate surface area is 270 Å². The molecule has 45 heavy (non-hydrogen) atoms. The Morgan fingerprint density at radius 3 is 2.38 bits per heavy atom. The van der Waals surface area contributed by atoms with Crippen LogP contribution in [0.4, 0.5) is 0 Å². The number of unbranched alkanes of at least 4 members (excludes halogenated alkanes) is 1. The lowest BCUT2D eigenvalue weighted by Gasteiger charge is -2.40. The topological polar surface area (TPSA) is 7.76 Å². The van der Waals surface area contributed by atoms with Crippen molar-refractivity contribution in [2.45, 2.75) is 97.4 Å². The van der Waals surface area contributed by atoms with Gasteiger partial charge in [0.05, 0.1) is 10.9 Å². The van der Waals surface area contributed by atoms with Gasteiger partial charge in [0.2, 0.25) is 11.4 Å². The Morgan fingerprint density at radius 2 is 1.62 bits per heavy atom. The molecule has 0 fully saturated rings. The smallest absolute Gasteiger partial charge is 0.201 e. The molecule has 5 aromatic rings. The molecule has 1 atom stereocenters. The van der Waals surface area contributed by atoms with Crippen LogP contribution < -0.4 is 9.13 Å². The van der Waals surface area contributed by atoms with E-state index in [9.17, 15) is 0 Å². The molecule has 1 aliphatic heterocycles. The van der Waals surface area contributed by atoms with Crippen molar-refractivity contribution in [2.24, 2.45) is 13.0 Å². The minimum Gasteiger partial charge on any atom is -0.201 e. The Morgan fingerprint density at radius 1 is 0.822 bits per heavy atom. The van der Waals surface area contributed by atoms with Gasteiger partial charge in [-0.05, 0) is 84.4 Å². The van der Waals surface area contributed by atoms with Crippen molar-refractivity contribution in [2.75, 3.05) is 0 Å². The van der Waals surface area contributed by atoms with E-state index in [-0.39, 0.29) is 10.8 Å². The average Bonchev–Trinajstić information content (AvgIpc) is 3.16. The molecule has 2 nitrogen and oxygen atoms in total. The fourth-order valence-corrected chi connectivity index (χ4v) is 9.11. The van der Waals surface area contributed by atoms with Gasteiger partial charge < -0.3 is 0 Å². The van der Waals surface area contributed by atoms with E-state index in [2.05, 4.69) is 143 Å². The summed E-state index contributed by atoms with van der Waals surface area (Å²) in [6.45, 7) is 15.4. The van der Waals surface area contributed by atoms with E-state index >= 15 is 0 Å². The largest absolute Gasteiger partial charge is 0.221 e. The van der Waals surface area contributed by atoms with Crippen LogP contribution in [-0.4, -0.2) is 0 Å². The summed E-state index contributed by atoms with van der Waals surface area (Å²) in [6, 6.07) is 28.5. The SMILES string of the molecule is CCCCc1cc2c3c4[n+](ccc3c1)CC(Cc1ccc(C)cc1-c1cccc[n+]1C)C(CC)(CC)c1cccc(c1-4)C2(C)C. The fourth-order valence-electron chi connectivity index (χ4n) is 9.11. The minimum atomic E-state index is -0.0583. The lowest BCUT2D eigenvalue weighted by molar-refractivity contribution is -0.692. The van der Waals surface area contributed by atoms with Gasteiger partial charge in [-0.15, -0.1) is 0 Å². The number of hydrogen-bond acceptors (Lipinski definition) is 0. The summed E-state index contributed by atoms with van der Waals surface area (Å²) in [5.41, 5.74) is 14.5. The van der Waals surface area contributed by atoms with Crippen LogP contribution >= 0.6 is 0 Å². The van der Waals surface area contributed by atoms with Crippen molar-refractivity contribution >= 4 is 10.8 Å². The molecule has 0 radical (unpaired) electrons. The molecule has 7 rings (SSSR count). The molecule has 2 aromatic heterocycles. The molecule has 0 saturated heterocycles. The summed E-state index contributed by atoms with van der Waals surface area (Å²) in [5.74, 6) is 0.453. The van der Waals surface area contributed by atoms with Crippen LogP contribution in [0.5, 0.6) is 0 Å². The maximum Gasteiger partial charge on any atom is 0.221 e. The van der Waals surface area contributed by atoms with Crippen LogP contribution in [0.2, 0.25) is 0 Å². The van der Waals surface area contributed by atoms with Gasteiger partial charge in [-0.25, -0.2) is 4.57 Å². The van der Waals surface area contributed by atoms with Crippen LogP contribution in [0.1, 0.15) is 93.7 Å². The Kier molecular flexibility index (Phi) is 7.46. The first-order chi connectivity index (χ1) is 21.7. The standard InChI is InChI=1S/C43H50N2/c1-8-11-15-30-25-32-21-23-45-28-33(27-31-20-19-29(4)24-34(31)38-18-12-13-22-44(38)7)43(9-2,10-3)36-17-14-16-35-40(36)41(45)39(32)37(26-30)42(35,5)6/h12-14,16-26,33H,8-11,15,27-28H2,1-7H3/q+2. The van der Waals surface area contributed by atoms with E-state index in [1.165, 1.54) is 73.9 Å². The molecule has 2 aliphatic rings.